The molecule has 0 saturated carbocycles. The number of piperidine rings is 2. The highest BCUT2D eigenvalue weighted by atomic mass is 32.1. The van der Waals surface area contributed by atoms with Crippen LogP contribution >= 0.6 is 11.3 Å². The minimum atomic E-state index is 0.0971. The second-order valence-electron chi connectivity index (χ2n) is 7.23. The Hall–Kier alpha value is -1.36. The lowest BCUT2D eigenvalue weighted by Gasteiger charge is -2.39. The molecule has 2 aliphatic heterocycles. The standard InChI is InChI=1S/C18H26N2O2S/c1-13-10-14(2)12-20(11-13)17(21)15-5-7-19(8-6-15)18(22)16-4-3-9-23-16/h3-4,9,13-15H,5-8,10-12H2,1-2H3/t13-,14-/m0/s1. The number of carbonyl (C=O) groups excluding carboxylic acids is 2. The van der Waals surface area contributed by atoms with Crippen LogP contribution in [0.4, 0.5) is 0 Å². The molecule has 2 amide bonds. The van der Waals surface area contributed by atoms with Crippen LogP contribution in [0.5, 0.6) is 0 Å². The fraction of sp³-hybridized carbons (Fsp3) is 0.667. The molecular formula is C18H26N2O2S. The first-order valence-corrected chi connectivity index (χ1v) is 9.54. The Kier molecular flexibility index (Phi) is 5.05. The predicted molar refractivity (Wildman–Crippen MR) is 92.5 cm³/mol. The monoisotopic (exact) mass is 334 g/mol. The summed E-state index contributed by atoms with van der Waals surface area (Å²) in [4.78, 5) is 29.9. The van der Waals surface area contributed by atoms with Crippen LogP contribution in [-0.4, -0.2) is 47.8 Å². The van der Waals surface area contributed by atoms with Crippen LogP contribution in [0.2, 0.25) is 0 Å². The quantitative estimate of drug-likeness (QED) is 0.834. The fourth-order valence-corrected chi connectivity index (χ4v) is 4.68. The van der Waals surface area contributed by atoms with Crippen molar-refractivity contribution in [2.75, 3.05) is 26.2 Å². The van der Waals surface area contributed by atoms with Crippen molar-refractivity contribution in [2.24, 2.45) is 17.8 Å². The molecule has 2 fully saturated rings. The zero-order chi connectivity index (χ0) is 16.4. The number of hydrogen-bond acceptors (Lipinski definition) is 3. The van der Waals surface area contributed by atoms with E-state index in [1.807, 2.05) is 22.4 Å². The molecule has 0 aromatic carbocycles. The number of hydrogen-bond donors (Lipinski definition) is 0. The van der Waals surface area contributed by atoms with Crippen molar-refractivity contribution < 1.29 is 9.59 Å². The molecule has 2 aliphatic rings. The third kappa shape index (κ3) is 3.77. The van der Waals surface area contributed by atoms with Gasteiger partial charge in [-0.25, -0.2) is 0 Å². The van der Waals surface area contributed by atoms with Gasteiger partial charge in [-0.3, -0.25) is 9.59 Å². The number of likely N-dealkylation sites (tertiary alicyclic amines) is 2. The maximum atomic E-state index is 12.8. The second kappa shape index (κ2) is 7.04. The lowest BCUT2D eigenvalue weighted by Crippen LogP contribution is -2.48. The molecule has 0 unspecified atom stereocenters. The van der Waals surface area contributed by atoms with E-state index in [-0.39, 0.29) is 11.8 Å². The van der Waals surface area contributed by atoms with Gasteiger partial charge in [0.15, 0.2) is 0 Å². The molecule has 126 valence electrons. The van der Waals surface area contributed by atoms with Gasteiger partial charge in [0.1, 0.15) is 0 Å². The van der Waals surface area contributed by atoms with E-state index >= 15 is 0 Å². The molecule has 3 heterocycles. The number of thiophene rings is 1. The van der Waals surface area contributed by atoms with Crippen LogP contribution in [0.15, 0.2) is 17.5 Å². The van der Waals surface area contributed by atoms with Gasteiger partial charge in [-0.2, -0.15) is 0 Å². The largest absolute Gasteiger partial charge is 0.342 e. The van der Waals surface area contributed by atoms with Gasteiger partial charge in [0.25, 0.3) is 5.91 Å². The summed E-state index contributed by atoms with van der Waals surface area (Å²) >= 11 is 1.49. The maximum absolute atomic E-state index is 12.8. The summed E-state index contributed by atoms with van der Waals surface area (Å²) in [5.74, 6) is 1.73. The zero-order valence-electron chi connectivity index (χ0n) is 14.0. The molecule has 4 nitrogen and oxygen atoms in total. The van der Waals surface area contributed by atoms with E-state index in [1.54, 1.807) is 0 Å². The molecule has 1 aromatic rings. The van der Waals surface area contributed by atoms with Gasteiger partial charge >= 0.3 is 0 Å². The number of rotatable bonds is 2. The summed E-state index contributed by atoms with van der Waals surface area (Å²) in [6, 6.07) is 3.79. The Morgan fingerprint density at radius 3 is 2.30 bits per heavy atom. The van der Waals surface area contributed by atoms with Gasteiger partial charge < -0.3 is 9.80 Å². The van der Waals surface area contributed by atoms with Crippen molar-refractivity contribution in [2.45, 2.75) is 33.1 Å². The molecule has 0 spiro atoms. The lowest BCUT2D eigenvalue weighted by molar-refractivity contribution is -0.139. The normalized spacial score (nSPS) is 26.3. The first kappa shape index (κ1) is 16.5. The number of nitrogens with zero attached hydrogens (tertiary/aromatic N) is 2. The van der Waals surface area contributed by atoms with Gasteiger partial charge in [0, 0.05) is 32.1 Å². The van der Waals surface area contributed by atoms with E-state index in [1.165, 1.54) is 17.8 Å². The SMILES string of the molecule is C[C@H]1C[C@H](C)CN(C(=O)C2CCN(C(=O)c3cccs3)CC2)C1. The first-order chi connectivity index (χ1) is 11.0. The molecule has 3 rings (SSSR count). The van der Waals surface area contributed by atoms with E-state index in [0.29, 0.717) is 30.8 Å². The highest BCUT2D eigenvalue weighted by Gasteiger charge is 2.33. The number of amides is 2. The summed E-state index contributed by atoms with van der Waals surface area (Å²) in [7, 11) is 0. The zero-order valence-corrected chi connectivity index (χ0v) is 14.8. The average molecular weight is 334 g/mol. The Balaban J connectivity index is 1.54. The third-order valence-electron chi connectivity index (χ3n) is 5.04. The third-order valence-corrected chi connectivity index (χ3v) is 5.90. The summed E-state index contributed by atoms with van der Waals surface area (Å²) in [6.07, 6.45) is 2.82. The molecule has 23 heavy (non-hydrogen) atoms. The summed E-state index contributed by atoms with van der Waals surface area (Å²) < 4.78 is 0. The molecule has 2 saturated heterocycles. The predicted octanol–water partition coefficient (Wildman–Crippen LogP) is 3.10. The van der Waals surface area contributed by atoms with Crippen LogP contribution in [-0.2, 0) is 4.79 Å². The van der Waals surface area contributed by atoms with E-state index in [9.17, 15) is 9.59 Å². The Morgan fingerprint density at radius 1 is 1.09 bits per heavy atom. The molecule has 1 aromatic heterocycles. The minimum Gasteiger partial charge on any atom is -0.342 e. The van der Waals surface area contributed by atoms with Gasteiger partial charge in [-0.15, -0.1) is 11.3 Å². The Bertz CT molecular complexity index is 539. The van der Waals surface area contributed by atoms with Gasteiger partial charge in [-0.1, -0.05) is 19.9 Å². The van der Waals surface area contributed by atoms with Crippen LogP contribution < -0.4 is 0 Å². The van der Waals surface area contributed by atoms with E-state index < -0.39 is 0 Å². The summed E-state index contributed by atoms with van der Waals surface area (Å²) in [6.45, 7) is 7.67. The fourth-order valence-electron chi connectivity index (χ4n) is 3.99. The lowest BCUT2D eigenvalue weighted by atomic mass is 9.89. The summed E-state index contributed by atoms with van der Waals surface area (Å²) in [5.41, 5.74) is 0. The van der Waals surface area contributed by atoms with E-state index in [4.69, 9.17) is 0 Å². The minimum absolute atomic E-state index is 0.0971. The Labute approximate surface area is 142 Å². The van der Waals surface area contributed by atoms with Crippen molar-refractivity contribution >= 4 is 23.2 Å². The highest BCUT2D eigenvalue weighted by Crippen LogP contribution is 2.26. The van der Waals surface area contributed by atoms with Crippen LogP contribution in [0.25, 0.3) is 0 Å². The smallest absolute Gasteiger partial charge is 0.263 e. The molecule has 0 bridgehead atoms. The first-order valence-electron chi connectivity index (χ1n) is 8.66. The van der Waals surface area contributed by atoms with Crippen molar-refractivity contribution in [1.82, 2.24) is 9.80 Å². The van der Waals surface area contributed by atoms with Crippen molar-refractivity contribution in [3.63, 3.8) is 0 Å². The van der Waals surface area contributed by atoms with E-state index in [2.05, 4.69) is 18.7 Å². The number of carbonyl (C=O) groups is 2. The van der Waals surface area contributed by atoms with Gasteiger partial charge in [-0.05, 0) is 42.5 Å². The molecular weight excluding hydrogens is 308 g/mol. The van der Waals surface area contributed by atoms with Crippen LogP contribution in [0.3, 0.4) is 0 Å². The molecule has 0 aliphatic carbocycles. The van der Waals surface area contributed by atoms with Gasteiger partial charge in [0.2, 0.25) is 5.91 Å². The average Bonchev–Trinajstić information content (AvgIpc) is 3.07. The van der Waals surface area contributed by atoms with Crippen LogP contribution in [0, 0.1) is 17.8 Å². The second-order valence-corrected chi connectivity index (χ2v) is 8.18. The maximum Gasteiger partial charge on any atom is 0.263 e. The van der Waals surface area contributed by atoms with Crippen molar-refractivity contribution in [1.29, 1.82) is 0 Å². The van der Waals surface area contributed by atoms with Gasteiger partial charge in [0.05, 0.1) is 4.88 Å². The van der Waals surface area contributed by atoms with Crippen LogP contribution in [0.1, 0.15) is 42.8 Å². The topological polar surface area (TPSA) is 40.6 Å². The molecule has 0 N–H and O–H groups in total. The molecule has 0 radical (unpaired) electrons. The Morgan fingerprint density at radius 2 is 1.74 bits per heavy atom. The molecule has 5 heteroatoms. The van der Waals surface area contributed by atoms with Crippen molar-refractivity contribution in [3.8, 4) is 0 Å². The van der Waals surface area contributed by atoms with E-state index in [0.717, 1.165) is 30.8 Å². The molecule has 2 atom stereocenters. The summed E-state index contributed by atoms with van der Waals surface area (Å²) in [5, 5.41) is 1.93. The van der Waals surface area contributed by atoms with Crippen molar-refractivity contribution in [3.05, 3.63) is 22.4 Å². The highest BCUT2D eigenvalue weighted by molar-refractivity contribution is 7.12.